The molecule has 0 N–H and O–H groups in total. The van der Waals surface area contributed by atoms with Crippen molar-refractivity contribution in [2.45, 2.75) is 31.9 Å². The number of benzene rings is 1. The molecule has 3 aromatic rings. The van der Waals surface area contributed by atoms with E-state index < -0.39 is 12.0 Å². The van der Waals surface area contributed by atoms with Crippen LogP contribution in [0.3, 0.4) is 0 Å². The first-order chi connectivity index (χ1) is 12.3. The van der Waals surface area contributed by atoms with Crippen LogP contribution in [0.2, 0.25) is 5.02 Å². The van der Waals surface area contributed by atoms with Gasteiger partial charge in [0.1, 0.15) is 5.75 Å². The predicted molar refractivity (Wildman–Crippen MR) is 90.5 cm³/mol. The Labute approximate surface area is 152 Å². The summed E-state index contributed by atoms with van der Waals surface area (Å²) in [6.45, 7) is 2.02. The van der Waals surface area contributed by atoms with Gasteiger partial charge in [-0.25, -0.2) is 0 Å². The lowest BCUT2D eigenvalue weighted by Gasteiger charge is -2.13. The number of aromatic nitrogens is 4. The molecule has 0 unspecified atom stereocenters. The van der Waals surface area contributed by atoms with Gasteiger partial charge in [-0.2, -0.15) is 22.8 Å². The van der Waals surface area contributed by atoms with Gasteiger partial charge >= 0.3 is 6.18 Å². The SMILES string of the molecule is COc1cc(Cl)cc([C@@H](C)CCc2ccc3nnc(C(F)(F)F)n3n2)c1. The number of fused-ring (bicyclic) bond motifs is 1. The van der Waals surface area contributed by atoms with Crippen LogP contribution in [-0.2, 0) is 12.6 Å². The summed E-state index contributed by atoms with van der Waals surface area (Å²) in [6.07, 6.45) is -3.41. The average molecular weight is 385 g/mol. The third kappa shape index (κ3) is 3.90. The number of rotatable bonds is 5. The molecule has 0 spiro atoms. The van der Waals surface area contributed by atoms with Gasteiger partial charge in [0.05, 0.1) is 12.8 Å². The maximum Gasteiger partial charge on any atom is 0.453 e. The number of halogens is 4. The molecule has 0 amide bonds. The third-order valence-electron chi connectivity index (χ3n) is 4.10. The van der Waals surface area contributed by atoms with Crippen LogP contribution in [0.5, 0.6) is 5.75 Å². The molecule has 26 heavy (non-hydrogen) atoms. The minimum atomic E-state index is -4.60. The molecule has 138 valence electrons. The summed E-state index contributed by atoms with van der Waals surface area (Å²) in [5.74, 6) is -0.330. The first-order valence-electron chi connectivity index (χ1n) is 7.91. The molecule has 0 saturated carbocycles. The first-order valence-corrected chi connectivity index (χ1v) is 8.28. The molecular weight excluding hydrogens is 369 g/mol. The lowest BCUT2D eigenvalue weighted by atomic mass is 9.95. The Bertz CT molecular complexity index is 926. The highest BCUT2D eigenvalue weighted by Gasteiger charge is 2.37. The van der Waals surface area contributed by atoms with Crippen LogP contribution >= 0.6 is 11.6 Å². The Hall–Kier alpha value is -2.35. The first kappa shape index (κ1) is 18.4. The summed E-state index contributed by atoms with van der Waals surface area (Å²) in [6, 6.07) is 8.62. The van der Waals surface area contributed by atoms with E-state index >= 15 is 0 Å². The second-order valence-electron chi connectivity index (χ2n) is 5.98. The zero-order chi connectivity index (χ0) is 18.9. The minimum absolute atomic E-state index is 0.0636. The van der Waals surface area contributed by atoms with Gasteiger partial charge in [-0.15, -0.1) is 10.2 Å². The van der Waals surface area contributed by atoms with Gasteiger partial charge in [0.25, 0.3) is 5.82 Å². The van der Waals surface area contributed by atoms with Crippen LogP contribution in [0.15, 0.2) is 30.3 Å². The summed E-state index contributed by atoms with van der Waals surface area (Å²) in [5.41, 5.74) is 1.59. The van der Waals surface area contributed by atoms with Gasteiger partial charge in [-0.1, -0.05) is 18.5 Å². The number of aryl methyl sites for hydroxylation is 1. The smallest absolute Gasteiger partial charge is 0.453 e. The van der Waals surface area contributed by atoms with Gasteiger partial charge in [-0.3, -0.25) is 0 Å². The zero-order valence-electron chi connectivity index (χ0n) is 14.1. The van der Waals surface area contributed by atoms with Crippen LogP contribution in [0.1, 0.15) is 36.3 Å². The molecule has 0 aliphatic carbocycles. The molecule has 2 aromatic heterocycles. The van der Waals surface area contributed by atoms with Crippen LogP contribution in [0.25, 0.3) is 5.65 Å². The van der Waals surface area contributed by atoms with E-state index in [0.29, 0.717) is 29.3 Å². The second-order valence-corrected chi connectivity index (χ2v) is 6.42. The fourth-order valence-corrected chi connectivity index (χ4v) is 2.89. The Balaban J connectivity index is 1.78. The average Bonchev–Trinajstić information content (AvgIpc) is 3.02. The molecule has 1 atom stereocenters. The summed E-state index contributed by atoms with van der Waals surface area (Å²) < 4.78 is 44.8. The standard InChI is InChI=1S/C17H16ClF3N4O/c1-10(11-7-12(18)9-14(8-11)26-2)3-4-13-5-6-15-22-23-16(17(19,20)21)25(15)24-13/h5-10H,3-4H2,1-2H3/t10-/m0/s1. The Morgan fingerprint density at radius 2 is 1.96 bits per heavy atom. The van der Waals surface area contributed by atoms with Crippen LogP contribution in [-0.4, -0.2) is 26.9 Å². The number of hydrogen-bond acceptors (Lipinski definition) is 4. The van der Waals surface area contributed by atoms with Crippen molar-refractivity contribution >= 4 is 17.2 Å². The molecule has 0 aliphatic rings. The van der Waals surface area contributed by atoms with Crippen molar-refractivity contribution in [1.29, 1.82) is 0 Å². The molecule has 9 heteroatoms. The van der Waals surface area contributed by atoms with Crippen LogP contribution in [0.4, 0.5) is 13.2 Å². The van der Waals surface area contributed by atoms with Gasteiger partial charge in [-0.05, 0) is 54.7 Å². The Morgan fingerprint density at radius 1 is 1.19 bits per heavy atom. The monoisotopic (exact) mass is 384 g/mol. The van der Waals surface area contributed by atoms with Crippen molar-refractivity contribution in [3.05, 3.63) is 52.4 Å². The second kappa shape index (κ2) is 7.11. The number of methoxy groups -OCH3 is 1. The molecule has 1 aromatic carbocycles. The number of ether oxygens (including phenoxy) is 1. The summed E-state index contributed by atoms with van der Waals surface area (Å²) >= 11 is 6.09. The fourth-order valence-electron chi connectivity index (χ4n) is 2.65. The number of alkyl halides is 3. The van der Waals surface area contributed by atoms with E-state index in [1.807, 2.05) is 19.1 Å². The molecular formula is C17H16ClF3N4O. The van der Waals surface area contributed by atoms with Crippen LogP contribution in [0, 0.1) is 0 Å². The molecule has 0 saturated heterocycles. The van der Waals surface area contributed by atoms with Gasteiger partial charge in [0.15, 0.2) is 5.65 Å². The molecule has 0 aliphatic heterocycles. The van der Waals surface area contributed by atoms with E-state index in [9.17, 15) is 13.2 Å². The minimum Gasteiger partial charge on any atom is -0.497 e. The largest absolute Gasteiger partial charge is 0.497 e. The lowest BCUT2D eigenvalue weighted by molar-refractivity contribution is -0.146. The molecule has 0 fully saturated rings. The normalized spacial score (nSPS) is 13.2. The predicted octanol–water partition coefficient (Wildman–Crippen LogP) is 4.54. The topological polar surface area (TPSA) is 52.3 Å². The highest BCUT2D eigenvalue weighted by atomic mass is 35.5. The maximum absolute atomic E-state index is 12.9. The maximum atomic E-state index is 12.9. The number of nitrogens with zero attached hydrogens (tertiary/aromatic N) is 4. The van der Waals surface area contributed by atoms with Crippen molar-refractivity contribution in [1.82, 2.24) is 19.8 Å². The lowest BCUT2D eigenvalue weighted by Crippen LogP contribution is -2.13. The van der Waals surface area contributed by atoms with E-state index in [-0.39, 0.29) is 11.6 Å². The highest BCUT2D eigenvalue weighted by Crippen LogP contribution is 2.29. The Morgan fingerprint density at radius 3 is 2.65 bits per heavy atom. The molecule has 3 rings (SSSR count). The molecule has 0 radical (unpaired) electrons. The van der Waals surface area contributed by atoms with E-state index in [4.69, 9.17) is 16.3 Å². The quantitative estimate of drug-likeness (QED) is 0.648. The fraction of sp³-hybridized carbons (Fsp3) is 0.353. The van der Waals surface area contributed by atoms with E-state index in [1.165, 1.54) is 6.07 Å². The summed E-state index contributed by atoms with van der Waals surface area (Å²) in [4.78, 5) is 0. The van der Waals surface area contributed by atoms with Crippen molar-refractivity contribution in [3.63, 3.8) is 0 Å². The number of hydrogen-bond donors (Lipinski definition) is 0. The van der Waals surface area contributed by atoms with Crippen molar-refractivity contribution in [2.24, 2.45) is 0 Å². The highest BCUT2D eigenvalue weighted by molar-refractivity contribution is 6.30. The Kier molecular flexibility index (Phi) is 5.04. The van der Waals surface area contributed by atoms with Crippen molar-refractivity contribution in [2.75, 3.05) is 7.11 Å². The van der Waals surface area contributed by atoms with E-state index in [2.05, 4.69) is 15.3 Å². The van der Waals surface area contributed by atoms with Crippen LogP contribution < -0.4 is 4.74 Å². The molecule has 0 bridgehead atoms. The van der Waals surface area contributed by atoms with Gasteiger partial charge in [0, 0.05) is 5.02 Å². The van der Waals surface area contributed by atoms with E-state index in [1.54, 1.807) is 19.2 Å². The zero-order valence-corrected chi connectivity index (χ0v) is 14.8. The van der Waals surface area contributed by atoms with Crippen molar-refractivity contribution in [3.8, 4) is 5.75 Å². The summed E-state index contributed by atoms with van der Waals surface area (Å²) in [7, 11) is 1.57. The molecule has 5 nitrogen and oxygen atoms in total. The van der Waals surface area contributed by atoms with Crippen molar-refractivity contribution < 1.29 is 17.9 Å². The third-order valence-corrected chi connectivity index (χ3v) is 4.32. The molecule has 2 heterocycles. The van der Waals surface area contributed by atoms with E-state index in [0.717, 1.165) is 10.1 Å². The summed E-state index contributed by atoms with van der Waals surface area (Å²) in [5, 5.41) is 11.3. The van der Waals surface area contributed by atoms with Gasteiger partial charge < -0.3 is 4.74 Å². The van der Waals surface area contributed by atoms with Gasteiger partial charge in [0.2, 0.25) is 0 Å².